The minimum Gasteiger partial charge on any atom is -0.399 e. The maximum Gasteiger partial charge on any atom is 0.0329 e. The van der Waals surface area contributed by atoms with E-state index in [1.807, 2.05) is 19.1 Å². The van der Waals surface area contributed by atoms with Crippen LogP contribution in [0.1, 0.15) is 11.1 Å². The number of nitrogen functional groups attached to an aromatic ring is 1. The first-order chi connectivity index (χ1) is 4.72. The summed E-state index contributed by atoms with van der Waals surface area (Å²) >= 11 is 0. The van der Waals surface area contributed by atoms with E-state index in [4.69, 9.17) is 12.2 Å². The molecule has 0 saturated heterocycles. The van der Waals surface area contributed by atoms with Gasteiger partial charge in [0.1, 0.15) is 0 Å². The molecule has 0 aliphatic heterocycles. The van der Waals surface area contributed by atoms with Crippen LogP contribution in [0.25, 0.3) is 0 Å². The molecule has 0 saturated carbocycles. The molecule has 0 aromatic heterocycles. The lowest BCUT2D eigenvalue weighted by molar-refractivity contribution is 1.46. The van der Waals surface area contributed by atoms with E-state index in [2.05, 4.69) is 5.92 Å². The van der Waals surface area contributed by atoms with E-state index < -0.39 is 0 Å². The Labute approximate surface area is 60.9 Å². The molecule has 0 amide bonds. The Balaban J connectivity index is 3.22. The third-order valence-corrected chi connectivity index (χ3v) is 1.27. The molecule has 50 valence electrons. The van der Waals surface area contributed by atoms with E-state index in [1.54, 1.807) is 6.07 Å². The van der Waals surface area contributed by atoms with Crippen molar-refractivity contribution in [3.8, 4) is 12.3 Å². The van der Waals surface area contributed by atoms with Crippen LogP contribution in [0, 0.1) is 19.3 Å². The van der Waals surface area contributed by atoms with Crippen LogP contribution in [-0.4, -0.2) is 0 Å². The largest absolute Gasteiger partial charge is 0.399 e. The third-order valence-electron chi connectivity index (χ3n) is 1.27. The summed E-state index contributed by atoms with van der Waals surface area (Å²) in [5.41, 5.74) is 8.22. The summed E-state index contributed by atoms with van der Waals surface area (Å²) < 4.78 is 0. The van der Waals surface area contributed by atoms with Crippen LogP contribution in [0.4, 0.5) is 5.69 Å². The van der Waals surface area contributed by atoms with Crippen molar-refractivity contribution in [2.45, 2.75) is 6.92 Å². The predicted octanol–water partition coefficient (Wildman–Crippen LogP) is 1.56. The van der Waals surface area contributed by atoms with Gasteiger partial charge in [0.25, 0.3) is 0 Å². The maximum absolute atomic E-state index is 5.54. The van der Waals surface area contributed by atoms with Gasteiger partial charge in [0.2, 0.25) is 0 Å². The SMILES string of the molecule is C#Cc1cc(C)cc(N)c1. The zero-order chi connectivity index (χ0) is 7.56. The summed E-state index contributed by atoms with van der Waals surface area (Å²) in [6, 6.07) is 5.60. The summed E-state index contributed by atoms with van der Waals surface area (Å²) in [4.78, 5) is 0. The number of hydrogen-bond donors (Lipinski definition) is 1. The minimum absolute atomic E-state index is 0.730. The zero-order valence-electron chi connectivity index (χ0n) is 5.89. The summed E-state index contributed by atoms with van der Waals surface area (Å²) in [6.07, 6.45) is 5.18. The lowest BCUT2D eigenvalue weighted by Gasteiger charge is -1.96. The highest BCUT2D eigenvalue weighted by atomic mass is 14.5. The van der Waals surface area contributed by atoms with Crippen LogP contribution >= 0.6 is 0 Å². The summed E-state index contributed by atoms with van der Waals surface area (Å²) in [5, 5.41) is 0. The molecule has 0 aliphatic carbocycles. The molecule has 0 spiro atoms. The number of hydrogen-bond acceptors (Lipinski definition) is 1. The quantitative estimate of drug-likeness (QED) is 0.419. The second-order valence-corrected chi connectivity index (χ2v) is 2.28. The molecular formula is C9H9N. The summed E-state index contributed by atoms with van der Waals surface area (Å²) in [6.45, 7) is 1.97. The molecule has 1 nitrogen and oxygen atoms in total. The van der Waals surface area contributed by atoms with Gasteiger partial charge >= 0.3 is 0 Å². The first-order valence-electron chi connectivity index (χ1n) is 3.06. The highest BCUT2D eigenvalue weighted by molar-refractivity contribution is 5.49. The molecule has 0 heterocycles. The highest BCUT2D eigenvalue weighted by Crippen LogP contribution is 2.09. The Kier molecular flexibility index (Phi) is 1.64. The fraction of sp³-hybridized carbons (Fsp3) is 0.111. The Morgan fingerprint density at radius 1 is 1.40 bits per heavy atom. The van der Waals surface area contributed by atoms with Gasteiger partial charge in [-0.05, 0) is 30.7 Å². The van der Waals surface area contributed by atoms with Gasteiger partial charge in [0, 0.05) is 11.3 Å². The van der Waals surface area contributed by atoms with Crippen molar-refractivity contribution in [3.05, 3.63) is 29.3 Å². The normalized spacial score (nSPS) is 8.80. The van der Waals surface area contributed by atoms with E-state index in [1.165, 1.54) is 0 Å². The predicted molar refractivity (Wildman–Crippen MR) is 43.5 cm³/mol. The Hall–Kier alpha value is -1.42. The monoisotopic (exact) mass is 131 g/mol. The molecule has 10 heavy (non-hydrogen) atoms. The molecule has 1 rings (SSSR count). The average Bonchev–Trinajstić information content (AvgIpc) is 1.85. The number of anilines is 1. The number of nitrogens with two attached hydrogens (primary N) is 1. The van der Waals surface area contributed by atoms with E-state index in [0.29, 0.717) is 0 Å². The van der Waals surface area contributed by atoms with Crippen molar-refractivity contribution < 1.29 is 0 Å². The molecule has 1 aromatic carbocycles. The first kappa shape index (κ1) is 6.70. The van der Waals surface area contributed by atoms with Crippen LogP contribution in [-0.2, 0) is 0 Å². The summed E-state index contributed by atoms with van der Waals surface area (Å²) in [7, 11) is 0. The second-order valence-electron chi connectivity index (χ2n) is 2.28. The van der Waals surface area contributed by atoms with E-state index in [-0.39, 0.29) is 0 Å². The van der Waals surface area contributed by atoms with Gasteiger partial charge in [-0.25, -0.2) is 0 Å². The van der Waals surface area contributed by atoms with Gasteiger partial charge in [-0.3, -0.25) is 0 Å². The van der Waals surface area contributed by atoms with E-state index >= 15 is 0 Å². The Bertz CT molecular complexity index is 261. The second kappa shape index (κ2) is 2.45. The molecule has 0 fully saturated rings. The number of rotatable bonds is 0. The van der Waals surface area contributed by atoms with Crippen LogP contribution in [0.15, 0.2) is 18.2 Å². The van der Waals surface area contributed by atoms with Crippen molar-refractivity contribution >= 4 is 5.69 Å². The zero-order valence-corrected chi connectivity index (χ0v) is 5.89. The molecule has 0 unspecified atom stereocenters. The van der Waals surface area contributed by atoms with Gasteiger partial charge in [-0.15, -0.1) is 6.42 Å². The number of benzene rings is 1. The maximum atomic E-state index is 5.54. The van der Waals surface area contributed by atoms with Gasteiger partial charge in [0.15, 0.2) is 0 Å². The smallest absolute Gasteiger partial charge is 0.0329 e. The lowest BCUT2D eigenvalue weighted by atomic mass is 10.1. The molecule has 0 atom stereocenters. The molecule has 0 bridgehead atoms. The molecule has 1 heteroatoms. The minimum atomic E-state index is 0.730. The van der Waals surface area contributed by atoms with E-state index in [0.717, 1.165) is 16.8 Å². The van der Waals surface area contributed by atoms with Crippen LogP contribution in [0.5, 0.6) is 0 Å². The molecule has 0 aliphatic rings. The van der Waals surface area contributed by atoms with Crippen molar-refractivity contribution in [1.29, 1.82) is 0 Å². The summed E-state index contributed by atoms with van der Waals surface area (Å²) in [5.74, 6) is 2.53. The molecule has 0 radical (unpaired) electrons. The first-order valence-corrected chi connectivity index (χ1v) is 3.06. The van der Waals surface area contributed by atoms with Gasteiger partial charge < -0.3 is 5.73 Å². The number of aryl methyl sites for hydroxylation is 1. The van der Waals surface area contributed by atoms with Gasteiger partial charge in [-0.2, -0.15) is 0 Å². The molecular weight excluding hydrogens is 122 g/mol. The number of terminal acetylenes is 1. The standard InChI is InChI=1S/C9H9N/c1-3-8-4-7(2)5-9(10)6-8/h1,4-6H,10H2,2H3. The van der Waals surface area contributed by atoms with Crippen LogP contribution < -0.4 is 5.73 Å². The molecule has 2 N–H and O–H groups in total. The van der Waals surface area contributed by atoms with Gasteiger partial charge in [-0.1, -0.05) is 5.92 Å². The Morgan fingerprint density at radius 2 is 2.10 bits per heavy atom. The van der Waals surface area contributed by atoms with Crippen molar-refractivity contribution in [2.24, 2.45) is 0 Å². The topological polar surface area (TPSA) is 26.0 Å². The fourth-order valence-electron chi connectivity index (χ4n) is 0.896. The fourth-order valence-corrected chi connectivity index (χ4v) is 0.896. The average molecular weight is 131 g/mol. The lowest BCUT2D eigenvalue weighted by Crippen LogP contribution is -1.86. The van der Waals surface area contributed by atoms with Crippen LogP contribution in [0.2, 0.25) is 0 Å². The Morgan fingerprint density at radius 3 is 2.60 bits per heavy atom. The van der Waals surface area contributed by atoms with Crippen LogP contribution in [0.3, 0.4) is 0 Å². The van der Waals surface area contributed by atoms with Crippen molar-refractivity contribution in [1.82, 2.24) is 0 Å². The third kappa shape index (κ3) is 1.29. The van der Waals surface area contributed by atoms with Gasteiger partial charge in [0.05, 0.1) is 0 Å². The highest BCUT2D eigenvalue weighted by Gasteiger charge is 1.90. The molecule has 1 aromatic rings. The van der Waals surface area contributed by atoms with Crippen molar-refractivity contribution in [3.63, 3.8) is 0 Å². The van der Waals surface area contributed by atoms with E-state index in [9.17, 15) is 0 Å². The van der Waals surface area contributed by atoms with Crippen molar-refractivity contribution in [2.75, 3.05) is 5.73 Å².